The number of halogens is 4. The van der Waals surface area contributed by atoms with Gasteiger partial charge in [0.1, 0.15) is 5.82 Å². The Balaban J connectivity index is 1.76. The molecule has 3 rings (SSSR count). The summed E-state index contributed by atoms with van der Waals surface area (Å²) in [5, 5.41) is 6.70. The summed E-state index contributed by atoms with van der Waals surface area (Å²) in [6.45, 7) is -0.0217. The largest absolute Gasteiger partial charge is 0.451 e. The number of nitrogens with zero attached hydrogens (tertiary/aromatic N) is 5. The molecule has 0 radical (unpaired) electrons. The second-order valence-corrected chi connectivity index (χ2v) is 5.33. The third-order valence-electron chi connectivity index (χ3n) is 3.78. The smallest absolute Gasteiger partial charge is 0.315 e. The van der Waals surface area contributed by atoms with Crippen LogP contribution in [-0.2, 0) is 19.3 Å². The standard InChI is InChI=1S/C14H13F4N5O/c1-21(10-4-2-9(15)3-5-10)13(24)22-6-7-23-11(8-22)19-20-12(23)14(16,17)18/h2-5H,6-8H2,1H3. The van der Waals surface area contributed by atoms with Gasteiger partial charge in [-0.1, -0.05) is 0 Å². The second-order valence-electron chi connectivity index (χ2n) is 5.33. The molecule has 6 nitrogen and oxygen atoms in total. The Morgan fingerprint density at radius 3 is 2.46 bits per heavy atom. The van der Waals surface area contributed by atoms with Crippen LogP contribution in [0, 0.1) is 5.82 Å². The van der Waals surface area contributed by atoms with E-state index in [0.29, 0.717) is 5.69 Å². The van der Waals surface area contributed by atoms with Crippen LogP contribution >= 0.6 is 0 Å². The van der Waals surface area contributed by atoms with Crippen LogP contribution in [0.25, 0.3) is 0 Å². The monoisotopic (exact) mass is 343 g/mol. The van der Waals surface area contributed by atoms with E-state index in [4.69, 9.17) is 0 Å². The van der Waals surface area contributed by atoms with Crippen molar-refractivity contribution in [3.63, 3.8) is 0 Å². The Hall–Kier alpha value is -2.65. The lowest BCUT2D eigenvalue weighted by molar-refractivity contribution is -0.147. The molecule has 0 bridgehead atoms. The lowest BCUT2D eigenvalue weighted by atomic mass is 10.3. The summed E-state index contributed by atoms with van der Waals surface area (Å²) in [7, 11) is 1.51. The van der Waals surface area contributed by atoms with E-state index >= 15 is 0 Å². The predicted molar refractivity (Wildman–Crippen MR) is 75.6 cm³/mol. The molecule has 0 fully saturated rings. The van der Waals surface area contributed by atoms with E-state index in [9.17, 15) is 22.4 Å². The zero-order chi connectivity index (χ0) is 17.5. The van der Waals surface area contributed by atoms with Crippen molar-refractivity contribution in [2.24, 2.45) is 0 Å². The lowest BCUT2D eigenvalue weighted by Crippen LogP contribution is -2.45. The fourth-order valence-corrected chi connectivity index (χ4v) is 2.52. The van der Waals surface area contributed by atoms with E-state index in [1.54, 1.807) is 0 Å². The van der Waals surface area contributed by atoms with Gasteiger partial charge in [0.2, 0.25) is 5.82 Å². The van der Waals surface area contributed by atoms with Crippen LogP contribution in [0.15, 0.2) is 24.3 Å². The number of benzene rings is 1. The van der Waals surface area contributed by atoms with Crippen molar-refractivity contribution in [1.82, 2.24) is 19.7 Å². The minimum Gasteiger partial charge on any atom is -0.315 e. The quantitative estimate of drug-likeness (QED) is 0.748. The summed E-state index contributed by atoms with van der Waals surface area (Å²) in [4.78, 5) is 15.1. The molecule has 1 aromatic heterocycles. The summed E-state index contributed by atoms with van der Waals surface area (Å²) >= 11 is 0. The number of hydrogen-bond acceptors (Lipinski definition) is 3. The lowest BCUT2D eigenvalue weighted by Gasteiger charge is -2.31. The van der Waals surface area contributed by atoms with Crippen molar-refractivity contribution in [2.45, 2.75) is 19.3 Å². The zero-order valence-corrected chi connectivity index (χ0v) is 12.6. The van der Waals surface area contributed by atoms with E-state index in [1.165, 1.54) is 41.1 Å². The average Bonchev–Trinajstić information content (AvgIpc) is 2.97. The summed E-state index contributed by atoms with van der Waals surface area (Å²) in [5.74, 6) is -1.41. The van der Waals surface area contributed by atoms with Crippen molar-refractivity contribution in [2.75, 3.05) is 18.5 Å². The van der Waals surface area contributed by atoms with Crippen molar-refractivity contribution in [3.8, 4) is 0 Å². The van der Waals surface area contributed by atoms with E-state index in [-0.39, 0.29) is 25.5 Å². The van der Waals surface area contributed by atoms with Crippen molar-refractivity contribution in [3.05, 3.63) is 41.7 Å². The third-order valence-corrected chi connectivity index (χ3v) is 3.78. The summed E-state index contributed by atoms with van der Waals surface area (Å²) < 4.78 is 52.3. The first-order valence-electron chi connectivity index (χ1n) is 7.05. The topological polar surface area (TPSA) is 54.3 Å². The van der Waals surface area contributed by atoms with Crippen LogP contribution in [0.2, 0.25) is 0 Å². The highest BCUT2D eigenvalue weighted by molar-refractivity contribution is 5.91. The Morgan fingerprint density at radius 2 is 1.83 bits per heavy atom. The minimum absolute atomic E-state index is 0.0415. The van der Waals surface area contributed by atoms with Gasteiger partial charge in [0.05, 0.1) is 6.54 Å². The number of carbonyl (C=O) groups is 1. The predicted octanol–water partition coefficient (Wildman–Crippen LogP) is 2.51. The van der Waals surface area contributed by atoms with Gasteiger partial charge < -0.3 is 9.47 Å². The molecule has 0 unspecified atom stereocenters. The number of alkyl halides is 3. The van der Waals surface area contributed by atoms with Gasteiger partial charge in [-0.3, -0.25) is 4.90 Å². The van der Waals surface area contributed by atoms with Crippen LogP contribution in [-0.4, -0.2) is 39.3 Å². The number of rotatable bonds is 1. The van der Waals surface area contributed by atoms with Gasteiger partial charge in [-0.15, -0.1) is 10.2 Å². The molecule has 2 heterocycles. The van der Waals surface area contributed by atoms with Gasteiger partial charge >= 0.3 is 12.2 Å². The van der Waals surface area contributed by atoms with E-state index in [1.807, 2.05) is 0 Å². The van der Waals surface area contributed by atoms with Crippen molar-refractivity contribution < 1.29 is 22.4 Å². The molecule has 0 spiro atoms. The fraction of sp³-hybridized carbons (Fsp3) is 0.357. The molecule has 0 saturated heterocycles. The first-order valence-corrected chi connectivity index (χ1v) is 7.05. The van der Waals surface area contributed by atoms with Crippen LogP contribution in [0.3, 0.4) is 0 Å². The number of anilines is 1. The number of urea groups is 1. The Labute approximate surface area is 134 Å². The van der Waals surface area contributed by atoms with Gasteiger partial charge in [0, 0.05) is 25.8 Å². The first-order chi connectivity index (χ1) is 11.3. The molecule has 1 aromatic carbocycles. The first kappa shape index (κ1) is 16.2. The number of fused-ring (bicyclic) bond motifs is 1. The SMILES string of the molecule is CN(C(=O)N1CCn2c(nnc2C(F)(F)F)C1)c1ccc(F)cc1. The molecule has 2 amide bonds. The average molecular weight is 343 g/mol. The summed E-state index contributed by atoms with van der Waals surface area (Å²) in [6.07, 6.45) is -4.58. The number of amides is 2. The highest BCUT2D eigenvalue weighted by Crippen LogP contribution is 2.29. The van der Waals surface area contributed by atoms with Gasteiger partial charge in [0.25, 0.3) is 0 Å². The summed E-state index contributed by atoms with van der Waals surface area (Å²) in [5.41, 5.74) is 0.476. The third kappa shape index (κ3) is 2.91. The van der Waals surface area contributed by atoms with E-state index < -0.39 is 23.8 Å². The molecule has 10 heteroatoms. The van der Waals surface area contributed by atoms with Crippen LogP contribution in [0.1, 0.15) is 11.6 Å². The van der Waals surface area contributed by atoms with Crippen LogP contribution in [0.5, 0.6) is 0 Å². The van der Waals surface area contributed by atoms with Gasteiger partial charge in [-0.25, -0.2) is 9.18 Å². The number of carbonyl (C=O) groups excluding carboxylic acids is 1. The maximum Gasteiger partial charge on any atom is 0.451 e. The maximum absolute atomic E-state index is 12.9. The molecule has 1 aliphatic heterocycles. The van der Waals surface area contributed by atoms with E-state index in [2.05, 4.69) is 10.2 Å². The molecule has 0 atom stereocenters. The molecule has 0 N–H and O–H groups in total. The number of hydrogen-bond donors (Lipinski definition) is 0. The van der Waals surface area contributed by atoms with E-state index in [0.717, 1.165) is 4.57 Å². The highest BCUT2D eigenvalue weighted by Gasteiger charge is 2.40. The van der Waals surface area contributed by atoms with Crippen molar-refractivity contribution in [1.29, 1.82) is 0 Å². The summed E-state index contributed by atoms with van der Waals surface area (Å²) in [6, 6.07) is 4.93. The zero-order valence-electron chi connectivity index (χ0n) is 12.6. The van der Waals surface area contributed by atoms with Crippen molar-refractivity contribution >= 4 is 11.7 Å². The van der Waals surface area contributed by atoms with Gasteiger partial charge in [-0.05, 0) is 24.3 Å². The van der Waals surface area contributed by atoms with Gasteiger partial charge in [0.15, 0.2) is 5.82 Å². The molecule has 24 heavy (non-hydrogen) atoms. The van der Waals surface area contributed by atoms with Crippen LogP contribution in [0.4, 0.5) is 28.0 Å². The number of aromatic nitrogens is 3. The molecule has 0 saturated carbocycles. The normalized spacial score (nSPS) is 14.5. The minimum atomic E-state index is -4.58. The Kier molecular flexibility index (Phi) is 3.90. The molecule has 0 aliphatic carbocycles. The molecular formula is C14H13F4N5O. The molecule has 2 aromatic rings. The maximum atomic E-state index is 12.9. The molecule has 1 aliphatic rings. The molecular weight excluding hydrogens is 330 g/mol. The second kappa shape index (κ2) is 5.77. The van der Waals surface area contributed by atoms with Crippen LogP contribution < -0.4 is 4.90 Å². The fourth-order valence-electron chi connectivity index (χ4n) is 2.52. The molecule has 128 valence electrons. The highest BCUT2D eigenvalue weighted by atomic mass is 19.4. The Bertz CT molecular complexity index is 756. The Morgan fingerprint density at radius 1 is 1.17 bits per heavy atom. The van der Waals surface area contributed by atoms with Gasteiger partial charge in [-0.2, -0.15) is 13.2 Å².